The largest absolute Gasteiger partial charge is 0.369 e. The first-order valence-electron chi connectivity index (χ1n) is 7.12. The first kappa shape index (κ1) is 12.0. The highest BCUT2D eigenvalue weighted by atomic mass is 127. The summed E-state index contributed by atoms with van der Waals surface area (Å²) in [5.41, 5.74) is 8.36. The number of imidazole rings is 1. The number of nitrogen functional groups attached to an aromatic ring is 1. The van der Waals surface area contributed by atoms with Crippen molar-refractivity contribution in [2.75, 3.05) is 5.73 Å². The van der Waals surface area contributed by atoms with Gasteiger partial charge in [0, 0.05) is 10.1 Å². The number of rotatable bonds is 2. The van der Waals surface area contributed by atoms with Gasteiger partial charge in [-0.15, -0.1) is 0 Å². The van der Waals surface area contributed by atoms with Crippen LogP contribution >= 0.6 is 22.6 Å². The molecule has 3 nitrogen and oxygen atoms in total. The number of benzene rings is 1. The molecule has 100 valence electrons. The van der Waals surface area contributed by atoms with Crippen LogP contribution in [0.2, 0.25) is 0 Å². The van der Waals surface area contributed by atoms with Crippen molar-refractivity contribution in [3.63, 3.8) is 0 Å². The van der Waals surface area contributed by atoms with Gasteiger partial charge in [0.2, 0.25) is 5.95 Å². The van der Waals surface area contributed by atoms with Crippen molar-refractivity contribution < 1.29 is 0 Å². The van der Waals surface area contributed by atoms with E-state index in [-0.39, 0.29) is 0 Å². The third kappa shape index (κ3) is 1.95. The minimum absolute atomic E-state index is 0.680. The maximum absolute atomic E-state index is 6.13. The molecule has 1 aromatic carbocycles. The van der Waals surface area contributed by atoms with Crippen molar-refractivity contribution in [2.45, 2.75) is 32.2 Å². The first-order valence-corrected chi connectivity index (χ1v) is 8.20. The Kier molecular flexibility index (Phi) is 2.76. The third-order valence-corrected chi connectivity index (χ3v) is 5.71. The molecule has 0 aliphatic heterocycles. The van der Waals surface area contributed by atoms with Crippen LogP contribution in [0.1, 0.15) is 25.7 Å². The zero-order valence-electron chi connectivity index (χ0n) is 10.8. The molecule has 0 amide bonds. The Bertz CT molecular complexity index is 634. The molecular formula is C15H18IN3. The van der Waals surface area contributed by atoms with Crippen LogP contribution in [0, 0.1) is 21.3 Å². The molecule has 2 bridgehead atoms. The monoisotopic (exact) mass is 367 g/mol. The zero-order chi connectivity index (χ0) is 13.0. The van der Waals surface area contributed by atoms with Gasteiger partial charge in [0.05, 0.1) is 11.0 Å². The van der Waals surface area contributed by atoms with E-state index in [1.54, 1.807) is 0 Å². The molecule has 1 aromatic heterocycles. The van der Waals surface area contributed by atoms with Crippen molar-refractivity contribution in [1.82, 2.24) is 9.55 Å². The van der Waals surface area contributed by atoms with Crippen LogP contribution < -0.4 is 5.73 Å². The number of hydrogen-bond donors (Lipinski definition) is 1. The molecule has 0 radical (unpaired) electrons. The summed E-state index contributed by atoms with van der Waals surface area (Å²) >= 11 is 2.32. The number of nitrogens with two attached hydrogens (primary N) is 1. The van der Waals surface area contributed by atoms with Crippen LogP contribution in [-0.4, -0.2) is 9.55 Å². The van der Waals surface area contributed by atoms with Gasteiger partial charge in [-0.25, -0.2) is 4.98 Å². The zero-order valence-corrected chi connectivity index (χ0v) is 13.0. The predicted molar refractivity (Wildman–Crippen MR) is 85.8 cm³/mol. The molecule has 0 saturated heterocycles. The van der Waals surface area contributed by atoms with Crippen molar-refractivity contribution in [3.05, 3.63) is 21.8 Å². The molecule has 1 heterocycles. The van der Waals surface area contributed by atoms with Crippen LogP contribution in [0.15, 0.2) is 18.2 Å². The topological polar surface area (TPSA) is 43.8 Å². The Morgan fingerprint density at radius 2 is 2.21 bits per heavy atom. The minimum Gasteiger partial charge on any atom is -0.369 e. The van der Waals surface area contributed by atoms with Gasteiger partial charge < -0.3 is 10.3 Å². The van der Waals surface area contributed by atoms with Gasteiger partial charge in [-0.05, 0) is 77.8 Å². The van der Waals surface area contributed by atoms with Gasteiger partial charge >= 0.3 is 0 Å². The van der Waals surface area contributed by atoms with E-state index in [1.165, 1.54) is 34.8 Å². The molecule has 2 N–H and O–H groups in total. The molecule has 2 aliphatic rings. The van der Waals surface area contributed by atoms with Crippen LogP contribution in [0.4, 0.5) is 5.95 Å². The van der Waals surface area contributed by atoms with E-state index < -0.39 is 0 Å². The van der Waals surface area contributed by atoms with Crippen molar-refractivity contribution in [1.29, 1.82) is 0 Å². The van der Waals surface area contributed by atoms with Crippen molar-refractivity contribution in [2.24, 2.45) is 17.8 Å². The highest BCUT2D eigenvalue weighted by Gasteiger charge is 2.39. The smallest absolute Gasteiger partial charge is 0.201 e. The number of halogens is 1. The van der Waals surface area contributed by atoms with E-state index in [0.717, 1.165) is 29.8 Å². The number of aromatic nitrogens is 2. The summed E-state index contributed by atoms with van der Waals surface area (Å²) in [6.07, 6.45) is 5.74. The summed E-state index contributed by atoms with van der Waals surface area (Å²) < 4.78 is 3.45. The third-order valence-electron chi connectivity index (χ3n) is 5.04. The second kappa shape index (κ2) is 4.36. The molecule has 3 unspecified atom stereocenters. The number of hydrogen-bond acceptors (Lipinski definition) is 2. The fourth-order valence-corrected chi connectivity index (χ4v) is 4.62. The summed E-state index contributed by atoms with van der Waals surface area (Å²) in [6.45, 7) is 1.06. The van der Waals surface area contributed by atoms with Gasteiger partial charge in [-0.1, -0.05) is 6.42 Å². The van der Waals surface area contributed by atoms with Crippen molar-refractivity contribution in [3.8, 4) is 0 Å². The maximum Gasteiger partial charge on any atom is 0.201 e. The molecule has 2 aromatic rings. The van der Waals surface area contributed by atoms with Gasteiger partial charge in [0.1, 0.15) is 0 Å². The summed E-state index contributed by atoms with van der Waals surface area (Å²) in [4.78, 5) is 4.51. The lowest BCUT2D eigenvalue weighted by atomic mass is 9.89. The van der Waals surface area contributed by atoms with Crippen LogP contribution in [0.5, 0.6) is 0 Å². The Labute approximate surface area is 126 Å². The molecule has 2 fully saturated rings. The maximum atomic E-state index is 6.13. The molecular weight excluding hydrogens is 349 g/mol. The normalized spacial score (nSPS) is 29.4. The Hall–Kier alpha value is -0.780. The quantitative estimate of drug-likeness (QED) is 0.824. The lowest BCUT2D eigenvalue weighted by Crippen LogP contribution is -2.18. The molecule has 4 rings (SSSR count). The van der Waals surface area contributed by atoms with E-state index in [2.05, 4.69) is 50.3 Å². The van der Waals surface area contributed by atoms with Gasteiger partial charge in [0.25, 0.3) is 0 Å². The second-order valence-corrected chi connectivity index (χ2v) is 7.39. The molecule has 3 atom stereocenters. The number of fused-ring (bicyclic) bond motifs is 3. The van der Waals surface area contributed by atoms with Crippen LogP contribution in [0.3, 0.4) is 0 Å². The number of anilines is 1. The van der Waals surface area contributed by atoms with E-state index in [0.29, 0.717) is 5.95 Å². The lowest BCUT2D eigenvalue weighted by molar-refractivity contribution is 0.300. The summed E-state index contributed by atoms with van der Waals surface area (Å²) in [7, 11) is 0. The van der Waals surface area contributed by atoms with Gasteiger partial charge in [-0.3, -0.25) is 0 Å². The summed E-state index contributed by atoms with van der Waals surface area (Å²) in [6, 6.07) is 6.42. The molecule has 19 heavy (non-hydrogen) atoms. The van der Waals surface area contributed by atoms with E-state index >= 15 is 0 Å². The van der Waals surface area contributed by atoms with Gasteiger partial charge in [-0.2, -0.15) is 0 Å². The van der Waals surface area contributed by atoms with E-state index in [1.807, 2.05) is 0 Å². The number of nitrogens with zero attached hydrogens (tertiary/aromatic N) is 2. The first-order chi connectivity index (χ1) is 9.20. The SMILES string of the molecule is Nc1nc2cc(I)ccc2n1CC1CC2CCC1C2. The Morgan fingerprint density at radius 1 is 1.32 bits per heavy atom. The molecule has 2 aliphatic carbocycles. The molecule has 0 spiro atoms. The van der Waals surface area contributed by atoms with Crippen LogP contribution in [0.25, 0.3) is 11.0 Å². The fraction of sp³-hybridized carbons (Fsp3) is 0.533. The van der Waals surface area contributed by atoms with Gasteiger partial charge in [0.15, 0.2) is 0 Å². The lowest BCUT2D eigenvalue weighted by Gasteiger charge is -2.22. The minimum atomic E-state index is 0.680. The average Bonchev–Trinajstić information content (AvgIpc) is 3.05. The predicted octanol–water partition coefficient (Wildman–Crippen LogP) is 3.66. The Balaban J connectivity index is 1.69. The van der Waals surface area contributed by atoms with E-state index in [9.17, 15) is 0 Å². The highest BCUT2D eigenvalue weighted by molar-refractivity contribution is 14.1. The summed E-state index contributed by atoms with van der Waals surface area (Å²) in [5.74, 6) is 3.43. The summed E-state index contributed by atoms with van der Waals surface area (Å²) in [5, 5.41) is 0. The van der Waals surface area contributed by atoms with Crippen LogP contribution in [-0.2, 0) is 6.54 Å². The molecule has 4 heteroatoms. The van der Waals surface area contributed by atoms with E-state index in [4.69, 9.17) is 5.73 Å². The van der Waals surface area contributed by atoms with Crippen molar-refractivity contribution >= 4 is 39.6 Å². The fourth-order valence-electron chi connectivity index (χ4n) is 4.15. The second-order valence-electron chi connectivity index (χ2n) is 6.15. The Morgan fingerprint density at radius 3 is 2.95 bits per heavy atom. The molecule has 2 saturated carbocycles. The average molecular weight is 367 g/mol. The highest BCUT2D eigenvalue weighted by Crippen LogP contribution is 2.49. The standard InChI is InChI=1S/C15H18IN3/c16-12-3-4-14-13(7-12)18-15(17)19(14)8-11-6-9-1-2-10(11)5-9/h3-4,7,9-11H,1-2,5-6,8H2,(H2,17,18).